The molecule has 150 valence electrons. The summed E-state index contributed by atoms with van der Waals surface area (Å²) in [6.45, 7) is 1.15. The topological polar surface area (TPSA) is 70.1 Å². The van der Waals surface area contributed by atoms with Crippen LogP contribution >= 0.6 is 0 Å². The van der Waals surface area contributed by atoms with E-state index in [1.807, 2.05) is 46.2 Å². The van der Waals surface area contributed by atoms with Crippen molar-refractivity contribution < 1.29 is 19.4 Å². The molecule has 3 heterocycles. The van der Waals surface area contributed by atoms with Crippen molar-refractivity contribution in [3.63, 3.8) is 0 Å². The molecule has 3 aliphatic heterocycles. The molecule has 3 atom stereocenters. The molecule has 3 fully saturated rings. The Bertz CT molecular complexity index is 947. The van der Waals surface area contributed by atoms with Gasteiger partial charge in [-0.15, -0.1) is 0 Å². The molecule has 6 heteroatoms. The molecule has 1 N–H and O–H groups in total. The van der Waals surface area contributed by atoms with Crippen LogP contribution in [0.15, 0.2) is 54.6 Å². The number of hydrogen-bond donors (Lipinski definition) is 1. The maximum Gasteiger partial charge on any atom is 0.227 e. The normalized spacial score (nSPS) is 27.9. The summed E-state index contributed by atoms with van der Waals surface area (Å²) >= 11 is 0. The van der Waals surface area contributed by atoms with Gasteiger partial charge in [0.25, 0.3) is 0 Å². The van der Waals surface area contributed by atoms with Gasteiger partial charge in [0, 0.05) is 19.4 Å². The first-order valence-electron chi connectivity index (χ1n) is 10.2. The van der Waals surface area contributed by atoms with E-state index in [-0.39, 0.29) is 29.7 Å². The van der Waals surface area contributed by atoms with Crippen LogP contribution in [-0.2, 0) is 20.7 Å². The lowest BCUT2D eigenvalue weighted by Crippen LogP contribution is -2.48. The second-order valence-corrected chi connectivity index (χ2v) is 8.09. The standard InChI is InChI=1S/C23H24N2O4/c26-18-8-4-5-16(13-18)9-10-21(27)24-12-11-23-20(24)14-22(28)25(23)15-19(29-23)17-6-2-1-3-7-17/h1-8,13,19-20,26H,9-12,14-15H2/t19-,20-,23+/m1/s1. The number of benzene rings is 2. The van der Waals surface area contributed by atoms with Crippen molar-refractivity contribution in [2.24, 2.45) is 0 Å². The first kappa shape index (κ1) is 18.2. The van der Waals surface area contributed by atoms with Crippen molar-refractivity contribution in [2.75, 3.05) is 13.1 Å². The predicted molar refractivity (Wildman–Crippen MR) is 106 cm³/mol. The summed E-state index contributed by atoms with van der Waals surface area (Å²) in [4.78, 5) is 29.4. The third-order valence-electron chi connectivity index (χ3n) is 6.46. The van der Waals surface area contributed by atoms with Crippen molar-refractivity contribution in [3.8, 4) is 5.75 Å². The lowest BCUT2D eigenvalue weighted by atomic mass is 10.1. The van der Waals surface area contributed by atoms with Gasteiger partial charge in [0.1, 0.15) is 11.9 Å². The molecule has 0 radical (unpaired) electrons. The predicted octanol–water partition coefficient (Wildman–Crippen LogP) is 2.63. The van der Waals surface area contributed by atoms with E-state index in [0.29, 0.717) is 38.8 Å². The fourth-order valence-electron chi connectivity index (χ4n) is 5.07. The number of carbonyl (C=O) groups excluding carboxylic acids is 2. The van der Waals surface area contributed by atoms with Gasteiger partial charge in [-0.2, -0.15) is 0 Å². The highest BCUT2D eigenvalue weighted by Crippen LogP contribution is 2.50. The van der Waals surface area contributed by atoms with Crippen LogP contribution in [0.5, 0.6) is 5.75 Å². The molecular weight excluding hydrogens is 368 g/mol. The number of aryl methyl sites for hydroxylation is 1. The van der Waals surface area contributed by atoms with Gasteiger partial charge >= 0.3 is 0 Å². The summed E-state index contributed by atoms with van der Waals surface area (Å²) in [5.74, 6) is 0.314. The van der Waals surface area contributed by atoms with Crippen molar-refractivity contribution in [1.82, 2.24) is 9.80 Å². The van der Waals surface area contributed by atoms with Crippen molar-refractivity contribution in [2.45, 2.75) is 43.6 Å². The Morgan fingerprint density at radius 3 is 2.79 bits per heavy atom. The fraction of sp³-hybridized carbons (Fsp3) is 0.391. The van der Waals surface area contributed by atoms with E-state index in [9.17, 15) is 14.7 Å². The minimum atomic E-state index is -0.682. The molecule has 1 spiro atoms. The average Bonchev–Trinajstić information content (AvgIpc) is 3.35. The molecule has 3 saturated heterocycles. The molecule has 5 rings (SSSR count). The quantitative estimate of drug-likeness (QED) is 0.868. The van der Waals surface area contributed by atoms with Gasteiger partial charge in [0.05, 0.1) is 19.0 Å². The molecule has 2 aromatic carbocycles. The SMILES string of the molecule is O=C(CCc1cccc(O)c1)N1CC[C@@]23O[C@@H](c4ccccc4)CN2C(=O)C[C@@H]13. The summed E-state index contributed by atoms with van der Waals surface area (Å²) in [7, 11) is 0. The monoisotopic (exact) mass is 392 g/mol. The zero-order valence-corrected chi connectivity index (χ0v) is 16.2. The second-order valence-electron chi connectivity index (χ2n) is 8.09. The maximum absolute atomic E-state index is 13.0. The molecule has 2 aromatic rings. The van der Waals surface area contributed by atoms with Crippen LogP contribution in [0.1, 0.15) is 36.5 Å². The summed E-state index contributed by atoms with van der Waals surface area (Å²) in [5, 5.41) is 9.61. The zero-order chi connectivity index (χ0) is 20.0. The summed E-state index contributed by atoms with van der Waals surface area (Å²) in [6.07, 6.45) is 1.76. The van der Waals surface area contributed by atoms with Crippen LogP contribution in [0.2, 0.25) is 0 Å². The lowest BCUT2D eigenvalue weighted by molar-refractivity contribution is -0.142. The Balaban J connectivity index is 1.31. The van der Waals surface area contributed by atoms with Crippen LogP contribution in [-0.4, -0.2) is 51.6 Å². The number of hydrogen-bond acceptors (Lipinski definition) is 4. The van der Waals surface area contributed by atoms with E-state index < -0.39 is 5.72 Å². The molecule has 0 bridgehead atoms. The molecule has 3 aliphatic rings. The molecule has 2 amide bonds. The molecule has 0 aromatic heterocycles. The zero-order valence-electron chi connectivity index (χ0n) is 16.2. The summed E-state index contributed by atoms with van der Waals surface area (Å²) < 4.78 is 6.49. The first-order chi connectivity index (χ1) is 14.1. The van der Waals surface area contributed by atoms with Crippen LogP contribution in [0.3, 0.4) is 0 Å². The fourth-order valence-corrected chi connectivity index (χ4v) is 5.07. The first-order valence-corrected chi connectivity index (χ1v) is 10.2. The smallest absolute Gasteiger partial charge is 0.227 e. The third kappa shape index (κ3) is 2.99. The van der Waals surface area contributed by atoms with Gasteiger partial charge in [-0.25, -0.2) is 0 Å². The Labute approximate surface area is 169 Å². The van der Waals surface area contributed by atoms with E-state index in [2.05, 4.69) is 0 Å². The minimum absolute atomic E-state index is 0.0385. The van der Waals surface area contributed by atoms with E-state index in [4.69, 9.17) is 4.74 Å². The van der Waals surface area contributed by atoms with Gasteiger partial charge in [-0.1, -0.05) is 42.5 Å². The molecule has 29 heavy (non-hydrogen) atoms. The number of likely N-dealkylation sites (tertiary alicyclic amines) is 1. The third-order valence-corrected chi connectivity index (χ3v) is 6.46. The number of ether oxygens (including phenoxy) is 1. The number of carbonyl (C=O) groups is 2. The Kier molecular flexibility index (Phi) is 4.32. The molecule has 0 saturated carbocycles. The molecular formula is C23H24N2O4. The number of phenolic OH excluding ortho intramolecular Hbond substituents is 1. The Morgan fingerprint density at radius 2 is 2.00 bits per heavy atom. The second kappa shape index (κ2) is 6.88. The van der Waals surface area contributed by atoms with Crippen LogP contribution in [0.4, 0.5) is 0 Å². The van der Waals surface area contributed by atoms with E-state index >= 15 is 0 Å². The van der Waals surface area contributed by atoms with Gasteiger partial charge in [0.2, 0.25) is 11.8 Å². The maximum atomic E-state index is 13.0. The van der Waals surface area contributed by atoms with Crippen molar-refractivity contribution in [3.05, 3.63) is 65.7 Å². The van der Waals surface area contributed by atoms with Crippen LogP contribution < -0.4 is 0 Å². The molecule has 0 aliphatic carbocycles. The van der Waals surface area contributed by atoms with Crippen molar-refractivity contribution in [1.29, 1.82) is 0 Å². The number of phenols is 1. The van der Waals surface area contributed by atoms with Crippen molar-refractivity contribution >= 4 is 11.8 Å². The number of rotatable bonds is 4. The van der Waals surface area contributed by atoms with Gasteiger partial charge < -0.3 is 19.6 Å². The summed E-state index contributed by atoms with van der Waals surface area (Å²) in [5.41, 5.74) is 1.31. The van der Waals surface area contributed by atoms with Gasteiger partial charge in [0.15, 0.2) is 5.72 Å². The number of amides is 2. The van der Waals surface area contributed by atoms with Gasteiger partial charge in [-0.05, 0) is 29.7 Å². The summed E-state index contributed by atoms with van der Waals surface area (Å²) in [6, 6.07) is 16.7. The number of nitrogens with zero attached hydrogens (tertiary/aromatic N) is 2. The van der Waals surface area contributed by atoms with E-state index in [0.717, 1.165) is 11.1 Å². The number of aromatic hydroxyl groups is 1. The highest BCUT2D eigenvalue weighted by molar-refractivity contribution is 5.85. The van der Waals surface area contributed by atoms with E-state index in [1.54, 1.807) is 18.2 Å². The van der Waals surface area contributed by atoms with Crippen LogP contribution in [0.25, 0.3) is 0 Å². The Morgan fingerprint density at radius 1 is 1.17 bits per heavy atom. The highest BCUT2D eigenvalue weighted by atomic mass is 16.5. The van der Waals surface area contributed by atoms with Gasteiger partial charge in [-0.3, -0.25) is 9.59 Å². The lowest BCUT2D eigenvalue weighted by Gasteiger charge is -2.32. The molecule has 0 unspecified atom stereocenters. The minimum Gasteiger partial charge on any atom is -0.508 e. The highest BCUT2D eigenvalue weighted by Gasteiger charge is 2.64. The average molecular weight is 392 g/mol. The largest absolute Gasteiger partial charge is 0.508 e. The molecule has 6 nitrogen and oxygen atoms in total. The van der Waals surface area contributed by atoms with E-state index in [1.165, 1.54) is 0 Å². The van der Waals surface area contributed by atoms with Crippen LogP contribution in [0, 0.1) is 0 Å². The Hall–Kier alpha value is -2.86.